The van der Waals surface area contributed by atoms with Gasteiger partial charge in [-0.1, -0.05) is 0 Å². The molecule has 34 heavy (non-hydrogen) atoms. The summed E-state index contributed by atoms with van der Waals surface area (Å²) in [5, 5.41) is 5.64. The number of likely N-dealkylation sites (N-methyl/N-ethyl adjacent to an activating group) is 1. The van der Waals surface area contributed by atoms with Crippen LogP contribution in [0.4, 0.5) is 5.82 Å². The van der Waals surface area contributed by atoms with E-state index < -0.39 is 0 Å². The highest BCUT2D eigenvalue weighted by atomic mass is 16.5. The van der Waals surface area contributed by atoms with Gasteiger partial charge in [-0.15, -0.1) is 5.10 Å². The van der Waals surface area contributed by atoms with Gasteiger partial charge < -0.3 is 19.0 Å². The summed E-state index contributed by atoms with van der Waals surface area (Å²) in [6.45, 7) is 2.42. The fourth-order valence-corrected chi connectivity index (χ4v) is 5.02. The van der Waals surface area contributed by atoms with Crippen LogP contribution in [0.2, 0.25) is 0 Å². The van der Waals surface area contributed by atoms with Crippen LogP contribution in [-0.4, -0.2) is 70.1 Å². The molecule has 0 unspecified atom stereocenters. The summed E-state index contributed by atoms with van der Waals surface area (Å²) in [5.74, 6) is 2.74. The van der Waals surface area contributed by atoms with E-state index in [4.69, 9.17) is 9.15 Å². The van der Waals surface area contributed by atoms with Crippen molar-refractivity contribution in [2.75, 3.05) is 38.7 Å². The van der Waals surface area contributed by atoms with E-state index in [1.165, 1.54) is 0 Å². The zero-order chi connectivity index (χ0) is 23.2. The lowest BCUT2D eigenvalue weighted by atomic mass is 10.1. The van der Waals surface area contributed by atoms with Gasteiger partial charge in [-0.3, -0.25) is 4.79 Å². The number of ketones is 1. The maximum Gasteiger partial charge on any atom is 0.231 e. The lowest BCUT2D eigenvalue weighted by Gasteiger charge is -2.21. The van der Waals surface area contributed by atoms with E-state index in [2.05, 4.69) is 39.0 Å². The first-order chi connectivity index (χ1) is 16.5. The van der Waals surface area contributed by atoms with Crippen LogP contribution in [0.25, 0.3) is 28.1 Å². The van der Waals surface area contributed by atoms with Crippen molar-refractivity contribution in [3.8, 4) is 17.3 Å². The van der Waals surface area contributed by atoms with Crippen molar-refractivity contribution in [3.63, 3.8) is 0 Å². The van der Waals surface area contributed by atoms with E-state index in [1.54, 1.807) is 16.9 Å². The molecular formula is C25H28N6O3. The number of imidazole rings is 1. The monoisotopic (exact) mass is 460 g/mol. The summed E-state index contributed by atoms with van der Waals surface area (Å²) < 4.78 is 13.9. The van der Waals surface area contributed by atoms with Crippen LogP contribution in [0.15, 0.2) is 41.1 Å². The number of pyridine rings is 1. The minimum absolute atomic E-state index is 0.270. The number of hydrogen-bond donors (Lipinski definition) is 0. The second kappa shape index (κ2) is 8.39. The molecule has 0 N–H and O–H groups in total. The molecular weight excluding hydrogens is 432 g/mol. The number of carbonyl (C=O) groups is 1. The zero-order valence-electron chi connectivity index (χ0n) is 19.5. The number of fused-ring (bicyclic) bond motifs is 2. The van der Waals surface area contributed by atoms with E-state index in [-0.39, 0.29) is 5.92 Å². The molecule has 2 atom stereocenters. The second-order valence-corrected chi connectivity index (χ2v) is 9.55. The largest absolute Gasteiger partial charge is 0.476 e. The molecule has 0 amide bonds. The van der Waals surface area contributed by atoms with Crippen LogP contribution < -0.4 is 9.64 Å². The fraction of sp³-hybridized carbons (Fsp3) is 0.440. The smallest absolute Gasteiger partial charge is 0.231 e. The van der Waals surface area contributed by atoms with E-state index in [0.717, 1.165) is 48.4 Å². The van der Waals surface area contributed by atoms with Gasteiger partial charge in [-0.2, -0.15) is 0 Å². The van der Waals surface area contributed by atoms with E-state index >= 15 is 0 Å². The zero-order valence-corrected chi connectivity index (χ0v) is 19.5. The summed E-state index contributed by atoms with van der Waals surface area (Å²) in [6.07, 6.45) is 6.83. The summed E-state index contributed by atoms with van der Waals surface area (Å²) in [6, 6.07) is 8.15. The van der Waals surface area contributed by atoms with Crippen molar-refractivity contribution in [2.45, 2.75) is 31.7 Å². The predicted octanol–water partition coefficient (Wildman–Crippen LogP) is 3.43. The van der Waals surface area contributed by atoms with E-state index in [9.17, 15) is 4.79 Å². The number of carbonyl (C=O) groups excluding carboxylic acids is 1. The Morgan fingerprint density at radius 3 is 2.91 bits per heavy atom. The fourth-order valence-electron chi connectivity index (χ4n) is 5.02. The summed E-state index contributed by atoms with van der Waals surface area (Å²) in [4.78, 5) is 25.3. The van der Waals surface area contributed by atoms with Gasteiger partial charge in [0.25, 0.3) is 0 Å². The third-order valence-corrected chi connectivity index (χ3v) is 7.02. The van der Waals surface area contributed by atoms with Crippen LogP contribution in [-0.2, 0) is 4.79 Å². The molecule has 0 bridgehead atoms. The predicted molar refractivity (Wildman–Crippen MR) is 128 cm³/mol. The van der Waals surface area contributed by atoms with Gasteiger partial charge in [0.15, 0.2) is 11.4 Å². The Morgan fingerprint density at radius 2 is 2.12 bits per heavy atom. The van der Waals surface area contributed by atoms with Gasteiger partial charge in [0.1, 0.15) is 22.9 Å². The van der Waals surface area contributed by atoms with Gasteiger partial charge >= 0.3 is 0 Å². The van der Waals surface area contributed by atoms with Gasteiger partial charge in [-0.25, -0.2) is 14.5 Å². The van der Waals surface area contributed by atoms with Crippen molar-refractivity contribution < 1.29 is 13.9 Å². The highest BCUT2D eigenvalue weighted by molar-refractivity contribution is 5.92. The lowest BCUT2D eigenvalue weighted by molar-refractivity contribution is -0.117. The topological polar surface area (TPSA) is 89.0 Å². The Morgan fingerprint density at radius 1 is 1.21 bits per heavy atom. The Hall–Kier alpha value is -3.46. The average molecular weight is 461 g/mol. The van der Waals surface area contributed by atoms with Crippen molar-refractivity contribution in [2.24, 2.45) is 5.92 Å². The SMILES string of the molecule is CN(C)[C@H]1CCN(c2nccc3oc(-c4cnc5ccc(OC[C@H]6CCC(=O)C6)nn45)cc23)C1. The number of furan rings is 1. The second-order valence-electron chi connectivity index (χ2n) is 9.55. The van der Waals surface area contributed by atoms with Gasteiger partial charge in [-0.05, 0) is 45.1 Å². The maximum absolute atomic E-state index is 11.5. The molecule has 4 aromatic heterocycles. The van der Waals surface area contributed by atoms with Crippen molar-refractivity contribution in [1.29, 1.82) is 0 Å². The molecule has 6 rings (SSSR count). The molecule has 9 heteroatoms. The van der Waals surface area contributed by atoms with Crippen LogP contribution >= 0.6 is 0 Å². The Balaban J connectivity index is 1.29. The molecule has 0 aromatic carbocycles. The normalized spacial score (nSPS) is 20.9. The first-order valence-corrected chi connectivity index (χ1v) is 11.8. The molecule has 1 aliphatic heterocycles. The first-order valence-electron chi connectivity index (χ1n) is 11.8. The van der Waals surface area contributed by atoms with Gasteiger partial charge in [0, 0.05) is 50.2 Å². The van der Waals surface area contributed by atoms with Crippen LogP contribution in [0, 0.1) is 5.92 Å². The van der Waals surface area contributed by atoms with Gasteiger partial charge in [0.2, 0.25) is 5.88 Å². The van der Waals surface area contributed by atoms with Crippen LogP contribution in [0.5, 0.6) is 5.88 Å². The van der Waals surface area contributed by atoms with E-state index in [1.807, 2.05) is 24.3 Å². The van der Waals surface area contributed by atoms with Crippen molar-refractivity contribution in [1.82, 2.24) is 24.5 Å². The molecule has 4 aromatic rings. The standard InChI is InChI=1S/C25H28N6O3/c1-29(2)17-8-10-30(14-17)25-19-12-22(34-21(19)7-9-26-25)20-13-27-23-5-6-24(28-31(20)23)33-15-16-3-4-18(32)11-16/h5-7,9,12-13,16-17H,3-4,8,10-11,14-15H2,1-2H3/t16-,17-/m0/s1. The van der Waals surface area contributed by atoms with Crippen molar-refractivity contribution in [3.05, 3.63) is 36.7 Å². The quantitative estimate of drug-likeness (QED) is 0.432. The minimum atomic E-state index is 0.270. The minimum Gasteiger partial charge on any atom is -0.476 e. The number of hydrogen-bond acceptors (Lipinski definition) is 8. The molecule has 2 fully saturated rings. The summed E-state index contributed by atoms with van der Waals surface area (Å²) in [7, 11) is 4.25. The Bertz CT molecular complexity index is 1360. The number of anilines is 1. The molecule has 0 spiro atoms. The first kappa shape index (κ1) is 21.1. The Labute approximate surface area is 197 Å². The molecule has 1 aliphatic carbocycles. The molecule has 9 nitrogen and oxygen atoms in total. The third-order valence-electron chi connectivity index (χ3n) is 7.02. The van der Waals surface area contributed by atoms with Crippen LogP contribution in [0.1, 0.15) is 25.7 Å². The lowest BCUT2D eigenvalue weighted by Crippen LogP contribution is -2.31. The molecule has 0 radical (unpaired) electrons. The summed E-state index contributed by atoms with van der Waals surface area (Å²) >= 11 is 0. The van der Waals surface area contributed by atoms with Crippen LogP contribution in [0.3, 0.4) is 0 Å². The molecule has 2 aliphatic rings. The number of ether oxygens (including phenoxy) is 1. The Kier molecular flexibility index (Phi) is 5.21. The number of nitrogens with zero attached hydrogens (tertiary/aromatic N) is 6. The summed E-state index contributed by atoms with van der Waals surface area (Å²) in [5.41, 5.74) is 2.26. The van der Waals surface area contributed by atoms with E-state index in [0.29, 0.717) is 48.6 Å². The van der Waals surface area contributed by atoms with Gasteiger partial charge in [0.05, 0.1) is 18.2 Å². The van der Waals surface area contributed by atoms with Crippen molar-refractivity contribution >= 4 is 28.2 Å². The maximum atomic E-state index is 11.5. The molecule has 176 valence electrons. The number of Topliss-reactive ketones (excluding diaryl/α,β-unsaturated/α-hetero) is 1. The third kappa shape index (κ3) is 3.79. The molecule has 1 saturated heterocycles. The highest BCUT2D eigenvalue weighted by Crippen LogP contribution is 2.34. The molecule has 5 heterocycles. The average Bonchev–Trinajstić information content (AvgIpc) is 3.62. The highest BCUT2D eigenvalue weighted by Gasteiger charge is 2.27. The number of rotatable bonds is 6. The molecule has 1 saturated carbocycles. The number of aromatic nitrogens is 4.